The Kier molecular flexibility index (Phi) is 4.87. The van der Waals surface area contributed by atoms with Gasteiger partial charge in [0.05, 0.1) is 6.61 Å². The first-order valence-corrected chi connectivity index (χ1v) is 9.41. The first kappa shape index (κ1) is 16.7. The summed E-state index contributed by atoms with van der Waals surface area (Å²) in [6, 6.07) is 15.9. The highest BCUT2D eigenvalue weighted by Crippen LogP contribution is 2.43. The van der Waals surface area contributed by atoms with E-state index in [0.29, 0.717) is 11.8 Å². The van der Waals surface area contributed by atoms with Gasteiger partial charge in [0.25, 0.3) is 0 Å². The predicted molar refractivity (Wildman–Crippen MR) is 97.7 cm³/mol. The summed E-state index contributed by atoms with van der Waals surface area (Å²) in [6.45, 7) is 1.80. The van der Waals surface area contributed by atoms with Crippen LogP contribution in [0.2, 0.25) is 0 Å². The molecule has 0 amide bonds. The Hall–Kier alpha value is -1.71. The number of aliphatic hydroxyl groups excluding tert-OH is 1. The number of hydrogen-bond donors (Lipinski definition) is 1. The third kappa shape index (κ3) is 4.10. The highest BCUT2D eigenvalue weighted by atomic mass is 19.1. The van der Waals surface area contributed by atoms with Crippen molar-refractivity contribution in [1.82, 2.24) is 4.90 Å². The van der Waals surface area contributed by atoms with Gasteiger partial charge in [0.15, 0.2) is 0 Å². The van der Waals surface area contributed by atoms with Crippen molar-refractivity contribution in [2.75, 3.05) is 6.61 Å². The summed E-state index contributed by atoms with van der Waals surface area (Å²) in [4.78, 5) is 2.39. The van der Waals surface area contributed by atoms with Crippen LogP contribution in [0.3, 0.4) is 0 Å². The molecule has 4 rings (SSSR count). The normalized spacial score (nSPS) is 18.5. The highest BCUT2D eigenvalue weighted by molar-refractivity contribution is 5.34. The largest absolute Gasteiger partial charge is 0.395 e. The molecule has 25 heavy (non-hydrogen) atoms. The summed E-state index contributed by atoms with van der Waals surface area (Å²) in [7, 11) is 0. The monoisotopic (exact) mass is 339 g/mol. The molecule has 0 saturated heterocycles. The van der Waals surface area contributed by atoms with Crippen molar-refractivity contribution in [3.8, 4) is 0 Å². The number of benzene rings is 2. The number of nitrogens with zero attached hydrogens (tertiary/aromatic N) is 1. The van der Waals surface area contributed by atoms with Gasteiger partial charge in [-0.05, 0) is 66.3 Å². The van der Waals surface area contributed by atoms with Gasteiger partial charge in [-0.15, -0.1) is 0 Å². The van der Waals surface area contributed by atoms with Crippen molar-refractivity contribution in [3.05, 3.63) is 71.0 Å². The molecule has 0 bridgehead atoms. The lowest BCUT2D eigenvalue weighted by molar-refractivity contribution is 0.0942. The molecule has 2 nitrogen and oxygen atoms in total. The molecule has 0 aromatic heterocycles. The molecule has 132 valence electrons. The fraction of sp³-hybridized carbons (Fsp3) is 0.455. The zero-order chi connectivity index (χ0) is 17.2. The third-order valence-corrected chi connectivity index (χ3v) is 5.55. The Balaban J connectivity index is 1.59. The van der Waals surface area contributed by atoms with Crippen LogP contribution in [0.15, 0.2) is 48.5 Å². The molecule has 2 aromatic carbocycles. The van der Waals surface area contributed by atoms with Crippen LogP contribution in [-0.4, -0.2) is 22.7 Å². The van der Waals surface area contributed by atoms with E-state index in [4.69, 9.17) is 0 Å². The summed E-state index contributed by atoms with van der Waals surface area (Å²) in [6.07, 6.45) is 4.74. The van der Waals surface area contributed by atoms with Crippen LogP contribution in [0.4, 0.5) is 4.39 Å². The molecule has 0 heterocycles. The number of hydrogen-bond acceptors (Lipinski definition) is 2. The van der Waals surface area contributed by atoms with E-state index >= 15 is 0 Å². The SMILES string of the molecule is OCC(C1CC1)N(Cc1ccccc1)Cc1ccc(F)cc1C1CC1. The molecular weight excluding hydrogens is 313 g/mol. The summed E-state index contributed by atoms with van der Waals surface area (Å²) in [5, 5.41) is 10.00. The average Bonchev–Trinajstić information content (AvgIpc) is 3.51. The average molecular weight is 339 g/mol. The van der Waals surface area contributed by atoms with E-state index in [1.807, 2.05) is 12.1 Å². The highest BCUT2D eigenvalue weighted by Gasteiger charge is 2.35. The molecule has 2 saturated carbocycles. The minimum absolute atomic E-state index is 0.138. The molecule has 1 N–H and O–H groups in total. The minimum Gasteiger partial charge on any atom is -0.395 e. The van der Waals surface area contributed by atoms with Crippen molar-refractivity contribution >= 4 is 0 Å². The molecular formula is C22H26FNO. The van der Waals surface area contributed by atoms with Gasteiger partial charge in [0.1, 0.15) is 5.82 Å². The first-order chi connectivity index (χ1) is 12.2. The van der Waals surface area contributed by atoms with Gasteiger partial charge in [-0.2, -0.15) is 0 Å². The summed E-state index contributed by atoms with van der Waals surface area (Å²) in [5.74, 6) is 0.984. The van der Waals surface area contributed by atoms with E-state index < -0.39 is 0 Å². The Morgan fingerprint density at radius 2 is 1.76 bits per heavy atom. The van der Waals surface area contributed by atoms with Gasteiger partial charge >= 0.3 is 0 Å². The minimum atomic E-state index is -0.138. The van der Waals surface area contributed by atoms with E-state index in [9.17, 15) is 9.50 Å². The summed E-state index contributed by atoms with van der Waals surface area (Å²) < 4.78 is 13.7. The zero-order valence-corrected chi connectivity index (χ0v) is 14.6. The molecule has 1 unspecified atom stereocenters. The van der Waals surface area contributed by atoms with Gasteiger partial charge in [-0.1, -0.05) is 36.4 Å². The number of rotatable bonds is 8. The molecule has 0 spiro atoms. The van der Waals surface area contributed by atoms with E-state index in [0.717, 1.165) is 13.1 Å². The zero-order valence-electron chi connectivity index (χ0n) is 14.6. The van der Waals surface area contributed by atoms with Crippen molar-refractivity contribution in [2.45, 2.75) is 50.7 Å². The third-order valence-electron chi connectivity index (χ3n) is 5.55. The maximum absolute atomic E-state index is 13.7. The molecule has 2 aromatic rings. The van der Waals surface area contributed by atoms with Crippen molar-refractivity contribution in [1.29, 1.82) is 0 Å². The lowest BCUT2D eigenvalue weighted by Gasteiger charge is -2.31. The Morgan fingerprint density at radius 3 is 2.40 bits per heavy atom. The Bertz CT molecular complexity index is 709. The van der Waals surface area contributed by atoms with Crippen molar-refractivity contribution in [3.63, 3.8) is 0 Å². The Labute approximate surface area is 149 Å². The van der Waals surface area contributed by atoms with Crippen molar-refractivity contribution in [2.24, 2.45) is 5.92 Å². The lowest BCUT2D eigenvalue weighted by Crippen LogP contribution is -2.39. The van der Waals surface area contributed by atoms with Crippen molar-refractivity contribution < 1.29 is 9.50 Å². The lowest BCUT2D eigenvalue weighted by atomic mass is 10.0. The van der Waals surface area contributed by atoms with Crippen LogP contribution in [0, 0.1) is 11.7 Å². The van der Waals surface area contributed by atoms with Gasteiger partial charge in [-0.3, -0.25) is 4.90 Å². The van der Waals surface area contributed by atoms with E-state index in [-0.39, 0.29) is 18.5 Å². The van der Waals surface area contributed by atoms with Gasteiger partial charge in [-0.25, -0.2) is 4.39 Å². The molecule has 3 heteroatoms. The fourth-order valence-corrected chi connectivity index (χ4v) is 3.85. The Morgan fingerprint density at radius 1 is 1.00 bits per heavy atom. The summed E-state index contributed by atoms with van der Waals surface area (Å²) >= 11 is 0. The molecule has 2 aliphatic rings. The topological polar surface area (TPSA) is 23.5 Å². The van der Waals surface area contributed by atoms with Gasteiger partial charge in [0, 0.05) is 19.1 Å². The molecule has 0 radical (unpaired) electrons. The quantitative estimate of drug-likeness (QED) is 0.767. The van der Waals surface area contributed by atoms with Gasteiger partial charge < -0.3 is 5.11 Å². The van der Waals surface area contributed by atoms with E-state index in [1.165, 1.54) is 42.4 Å². The molecule has 2 aliphatic carbocycles. The van der Waals surface area contributed by atoms with Crippen LogP contribution in [-0.2, 0) is 13.1 Å². The van der Waals surface area contributed by atoms with Crippen LogP contribution >= 0.6 is 0 Å². The number of halogens is 1. The van der Waals surface area contributed by atoms with E-state index in [2.05, 4.69) is 29.2 Å². The second kappa shape index (κ2) is 7.27. The second-order valence-electron chi connectivity index (χ2n) is 7.60. The smallest absolute Gasteiger partial charge is 0.123 e. The molecule has 2 fully saturated rings. The standard InChI is InChI=1S/C22H26FNO/c23-20-11-10-19(21(12-20)17-6-7-17)14-24(22(15-25)18-8-9-18)13-16-4-2-1-3-5-16/h1-5,10-12,17-18,22,25H,6-9,13-15H2. The van der Waals surface area contributed by atoms with E-state index in [1.54, 1.807) is 12.1 Å². The van der Waals surface area contributed by atoms with Gasteiger partial charge in [0.2, 0.25) is 0 Å². The van der Waals surface area contributed by atoms with Crippen LogP contribution < -0.4 is 0 Å². The first-order valence-electron chi connectivity index (χ1n) is 9.41. The van der Waals surface area contributed by atoms with Crippen LogP contribution in [0.5, 0.6) is 0 Å². The molecule has 1 atom stereocenters. The molecule has 0 aliphatic heterocycles. The fourth-order valence-electron chi connectivity index (χ4n) is 3.85. The second-order valence-corrected chi connectivity index (χ2v) is 7.60. The predicted octanol–water partition coefficient (Wildman–Crippen LogP) is 4.48. The maximum Gasteiger partial charge on any atom is 0.123 e. The number of aliphatic hydroxyl groups is 1. The maximum atomic E-state index is 13.7. The van der Waals surface area contributed by atoms with Crippen LogP contribution in [0.25, 0.3) is 0 Å². The summed E-state index contributed by atoms with van der Waals surface area (Å²) in [5.41, 5.74) is 3.65. The van der Waals surface area contributed by atoms with Crippen LogP contribution in [0.1, 0.15) is 48.3 Å².